The molecule has 0 atom stereocenters. The molecule has 0 spiro atoms. The van der Waals surface area contributed by atoms with Crippen LogP contribution in [-0.2, 0) is 4.79 Å². The van der Waals surface area contributed by atoms with Crippen LogP contribution in [0.15, 0.2) is 54.6 Å². The first kappa shape index (κ1) is 15.8. The van der Waals surface area contributed by atoms with E-state index in [4.69, 9.17) is 4.74 Å². The summed E-state index contributed by atoms with van der Waals surface area (Å²) in [5, 5.41) is 10.5. The van der Waals surface area contributed by atoms with Crippen molar-refractivity contribution >= 4 is 16.9 Å². The van der Waals surface area contributed by atoms with E-state index in [1.807, 2.05) is 66.1 Å². The summed E-state index contributed by atoms with van der Waals surface area (Å²) < 4.78 is 7.40. The number of esters is 1. The maximum absolute atomic E-state index is 12.1. The first-order valence-corrected chi connectivity index (χ1v) is 8.06. The molecule has 0 saturated carbocycles. The number of nitriles is 1. The number of ether oxygens (including phenoxy) is 1. The minimum Gasteiger partial charge on any atom is -0.423 e. The van der Waals surface area contributed by atoms with Crippen molar-refractivity contribution in [3.05, 3.63) is 60.3 Å². The first-order chi connectivity index (χ1) is 11.8. The van der Waals surface area contributed by atoms with Gasteiger partial charge in [0.2, 0.25) is 0 Å². The third kappa shape index (κ3) is 2.89. The predicted octanol–water partition coefficient (Wildman–Crippen LogP) is 4.60. The quantitative estimate of drug-likeness (QED) is 0.646. The van der Waals surface area contributed by atoms with Crippen molar-refractivity contribution in [2.24, 2.45) is 0 Å². The lowest BCUT2D eigenvalue weighted by molar-refractivity contribution is -0.134. The number of para-hydroxylation sites is 2. The molecule has 0 fully saturated rings. The zero-order valence-electron chi connectivity index (χ0n) is 13.5. The molecule has 1 aromatic heterocycles. The summed E-state index contributed by atoms with van der Waals surface area (Å²) in [5.41, 5.74) is 2.05. The molecule has 0 bridgehead atoms. The van der Waals surface area contributed by atoms with Crippen molar-refractivity contribution in [2.45, 2.75) is 26.2 Å². The van der Waals surface area contributed by atoms with Gasteiger partial charge in [0.25, 0.3) is 0 Å². The van der Waals surface area contributed by atoms with Gasteiger partial charge in [0, 0.05) is 17.5 Å². The van der Waals surface area contributed by atoms with Gasteiger partial charge < -0.3 is 4.74 Å². The molecule has 3 rings (SSSR count). The molecule has 4 nitrogen and oxygen atoms in total. The summed E-state index contributed by atoms with van der Waals surface area (Å²) >= 11 is 0. The predicted molar refractivity (Wildman–Crippen MR) is 93.2 cm³/mol. The van der Waals surface area contributed by atoms with Crippen LogP contribution in [0, 0.1) is 11.3 Å². The summed E-state index contributed by atoms with van der Waals surface area (Å²) in [6.45, 7) is 2.02. The molecule has 120 valence electrons. The molecular weight excluding hydrogens is 300 g/mol. The molecule has 24 heavy (non-hydrogen) atoms. The fraction of sp³-hybridized carbons (Fsp3) is 0.200. The maximum atomic E-state index is 12.1. The Bertz CT molecular complexity index is 905. The fourth-order valence-corrected chi connectivity index (χ4v) is 2.75. The Labute approximate surface area is 140 Å². The van der Waals surface area contributed by atoms with Crippen molar-refractivity contribution in [3.8, 4) is 17.5 Å². The van der Waals surface area contributed by atoms with Crippen molar-refractivity contribution in [2.75, 3.05) is 0 Å². The highest BCUT2D eigenvalue weighted by atomic mass is 16.5. The van der Waals surface area contributed by atoms with E-state index in [0.717, 1.165) is 29.4 Å². The summed E-state index contributed by atoms with van der Waals surface area (Å²) in [4.78, 5) is 12.1. The number of unbranched alkanes of at least 4 members (excludes halogenated alkanes) is 1. The second kappa shape index (κ2) is 7.01. The van der Waals surface area contributed by atoms with Crippen molar-refractivity contribution in [1.29, 1.82) is 5.26 Å². The van der Waals surface area contributed by atoms with Crippen molar-refractivity contribution < 1.29 is 9.53 Å². The average molecular weight is 318 g/mol. The number of nitrogens with zero attached hydrogens (tertiary/aromatic N) is 2. The van der Waals surface area contributed by atoms with Gasteiger partial charge in [-0.1, -0.05) is 43.7 Å². The van der Waals surface area contributed by atoms with E-state index in [2.05, 4.69) is 6.07 Å². The van der Waals surface area contributed by atoms with Crippen LogP contribution in [0.2, 0.25) is 0 Å². The molecule has 0 aliphatic heterocycles. The Balaban J connectivity index is 2.16. The highest BCUT2D eigenvalue weighted by Gasteiger charge is 2.21. The summed E-state index contributed by atoms with van der Waals surface area (Å²) in [6, 6.07) is 19.4. The number of hydrogen-bond donors (Lipinski definition) is 0. The summed E-state index contributed by atoms with van der Waals surface area (Å²) in [7, 11) is 0. The van der Waals surface area contributed by atoms with E-state index < -0.39 is 0 Å². The van der Waals surface area contributed by atoms with Crippen LogP contribution in [0.1, 0.15) is 31.9 Å². The van der Waals surface area contributed by atoms with E-state index in [1.165, 1.54) is 0 Å². The van der Waals surface area contributed by atoms with Gasteiger partial charge >= 0.3 is 5.97 Å². The van der Waals surface area contributed by atoms with Gasteiger partial charge in [-0.05, 0) is 30.7 Å². The first-order valence-electron chi connectivity index (χ1n) is 8.06. The van der Waals surface area contributed by atoms with Gasteiger partial charge in [-0.2, -0.15) is 5.26 Å². The number of carbonyl (C=O) groups is 1. The molecule has 2 aromatic carbocycles. The summed E-state index contributed by atoms with van der Waals surface area (Å²) in [6.07, 6.45) is 2.05. The number of hydrogen-bond acceptors (Lipinski definition) is 3. The number of benzene rings is 2. The van der Waals surface area contributed by atoms with E-state index in [-0.39, 0.29) is 5.97 Å². The van der Waals surface area contributed by atoms with Gasteiger partial charge in [0.1, 0.15) is 6.07 Å². The molecule has 0 unspecified atom stereocenters. The number of fused-ring (bicyclic) bond motifs is 1. The van der Waals surface area contributed by atoms with Crippen LogP contribution in [0.25, 0.3) is 16.6 Å². The minimum absolute atomic E-state index is 0.302. The summed E-state index contributed by atoms with van der Waals surface area (Å²) in [5.74, 6) is 0.0439. The average Bonchev–Trinajstić information content (AvgIpc) is 2.94. The highest BCUT2D eigenvalue weighted by molar-refractivity contribution is 5.93. The highest BCUT2D eigenvalue weighted by Crippen LogP contribution is 2.35. The lowest BCUT2D eigenvalue weighted by Crippen LogP contribution is -2.08. The Kier molecular flexibility index (Phi) is 4.62. The lowest BCUT2D eigenvalue weighted by Gasteiger charge is -2.07. The molecular formula is C20H18N2O2. The van der Waals surface area contributed by atoms with Crippen LogP contribution >= 0.6 is 0 Å². The smallest absolute Gasteiger partial charge is 0.311 e. The van der Waals surface area contributed by atoms with Gasteiger partial charge in [-0.15, -0.1) is 0 Å². The third-order valence-electron chi connectivity index (χ3n) is 3.90. The molecule has 0 amide bonds. The van der Waals surface area contributed by atoms with E-state index >= 15 is 0 Å². The van der Waals surface area contributed by atoms with Gasteiger partial charge in [-0.3, -0.25) is 9.36 Å². The Morgan fingerprint density at radius 1 is 1.12 bits per heavy atom. The van der Waals surface area contributed by atoms with E-state index in [0.29, 0.717) is 17.9 Å². The zero-order valence-corrected chi connectivity index (χ0v) is 13.5. The molecule has 0 aliphatic carbocycles. The van der Waals surface area contributed by atoms with E-state index in [9.17, 15) is 10.1 Å². The molecule has 0 aliphatic rings. The Morgan fingerprint density at radius 2 is 1.83 bits per heavy atom. The third-order valence-corrected chi connectivity index (χ3v) is 3.90. The minimum atomic E-state index is -0.302. The Hall–Kier alpha value is -3.06. The van der Waals surface area contributed by atoms with Crippen LogP contribution in [-0.4, -0.2) is 10.5 Å². The molecule has 3 aromatic rings. The SMILES string of the molecule is CCCCC(=O)Oc1c(C#N)n(-c2ccccc2)c2ccccc12. The van der Waals surface area contributed by atoms with Gasteiger partial charge in [-0.25, -0.2) is 0 Å². The van der Waals surface area contributed by atoms with Gasteiger partial charge in [0.05, 0.1) is 5.52 Å². The maximum Gasteiger partial charge on any atom is 0.311 e. The molecule has 0 saturated heterocycles. The molecule has 1 heterocycles. The second-order valence-corrected chi connectivity index (χ2v) is 5.56. The van der Waals surface area contributed by atoms with Gasteiger partial charge in [0.15, 0.2) is 11.4 Å². The Morgan fingerprint density at radius 3 is 2.54 bits per heavy atom. The van der Waals surface area contributed by atoms with Crippen LogP contribution < -0.4 is 4.74 Å². The molecule has 4 heteroatoms. The fourth-order valence-electron chi connectivity index (χ4n) is 2.75. The second-order valence-electron chi connectivity index (χ2n) is 5.56. The number of aromatic nitrogens is 1. The normalized spacial score (nSPS) is 10.5. The van der Waals surface area contributed by atoms with E-state index in [1.54, 1.807) is 0 Å². The topological polar surface area (TPSA) is 55.0 Å². The molecule has 0 N–H and O–H groups in total. The monoisotopic (exact) mass is 318 g/mol. The largest absolute Gasteiger partial charge is 0.423 e. The molecule has 0 radical (unpaired) electrons. The van der Waals surface area contributed by atoms with Crippen LogP contribution in [0.3, 0.4) is 0 Å². The van der Waals surface area contributed by atoms with Crippen LogP contribution in [0.4, 0.5) is 0 Å². The van der Waals surface area contributed by atoms with Crippen molar-refractivity contribution in [1.82, 2.24) is 4.57 Å². The lowest BCUT2D eigenvalue weighted by atomic mass is 10.2. The number of carbonyl (C=O) groups excluding carboxylic acids is 1. The van der Waals surface area contributed by atoms with Crippen molar-refractivity contribution in [3.63, 3.8) is 0 Å². The zero-order chi connectivity index (χ0) is 16.9. The number of rotatable bonds is 5. The van der Waals surface area contributed by atoms with Crippen LogP contribution in [0.5, 0.6) is 5.75 Å². The standard InChI is InChI=1S/C20H18N2O2/c1-2-3-13-19(23)24-20-16-11-7-8-12-17(16)22(18(20)14-21)15-9-5-4-6-10-15/h4-12H,2-3,13H2,1H3.